The standard InChI is InChI=1S/C19H27N3OS.HI/c1-5-20-19(21-13-16-8-6-7-9-18(16)23-4)22-14(2)12-17-11-10-15(3)24-17;/h6-11,14H,5,12-13H2,1-4H3,(H2,20,21,22);1H. The van der Waals surface area contributed by atoms with Gasteiger partial charge in [0.05, 0.1) is 13.7 Å². The van der Waals surface area contributed by atoms with E-state index in [1.165, 1.54) is 9.75 Å². The zero-order valence-electron chi connectivity index (χ0n) is 15.3. The van der Waals surface area contributed by atoms with Gasteiger partial charge in [-0.05, 0) is 39.0 Å². The van der Waals surface area contributed by atoms with Crippen molar-refractivity contribution in [2.45, 2.75) is 39.8 Å². The van der Waals surface area contributed by atoms with Crippen molar-refractivity contribution in [3.05, 3.63) is 51.7 Å². The summed E-state index contributed by atoms with van der Waals surface area (Å²) in [7, 11) is 1.69. The van der Waals surface area contributed by atoms with Gasteiger partial charge in [-0.1, -0.05) is 18.2 Å². The Morgan fingerprint density at radius 3 is 2.64 bits per heavy atom. The molecular weight excluding hydrogens is 445 g/mol. The molecule has 0 spiro atoms. The Morgan fingerprint density at radius 1 is 1.24 bits per heavy atom. The van der Waals surface area contributed by atoms with E-state index in [0.717, 1.165) is 30.2 Å². The molecule has 1 unspecified atom stereocenters. The summed E-state index contributed by atoms with van der Waals surface area (Å²) in [5.74, 6) is 1.71. The van der Waals surface area contributed by atoms with Gasteiger partial charge in [-0.3, -0.25) is 0 Å². The molecule has 0 saturated carbocycles. The van der Waals surface area contributed by atoms with E-state index in [-0.39, 0.29) is 24.0 Å². The average Bonchev–Trinajstić information content (AvgIpc) is 2.97. The molecule has 1 heterocycles. The molecule has 0 aliphatic carbocycles. The van der Waals surface area contributed by atoms with Gasteiger partial charge in [-0.25, -0.2) is 4.99 Å². The lowest BCUT2D eigenvalue weighted by atomic mass is 10.2. The van der Waals surface area contributed by atoms with Crippen LogP contribution >= 0.6 is 35.3 Å². The summed E-state index contributed by atoms with van der Waals surface area (Å²) in [6.45, 7) is 7.83. The Hall–Kier alpha value is -1.28. The third kappa shape index (κ3) is 7.23. The van der Waals surface area contributed by atoms with Crippen LogP contribution in [0, 0.1) is 6.92 Å². The van der Waals surface area contributed by atoms with Crippen LogP contribution in [-0.2, 0) is 13.0 Å². The number of hydrogen-bond donors (Lipinski definition) is 2. The minimum absolute atomic E-state index is 0. The van der Waals surface area contributed by atoms with Crippen LogP contribution in [0.3, 0.4) is 0 Å². The van der Waals surface area contributed by atoms with Crippen molar-refractivity contribution >= 4 is 41.3 Å². The van der Waals surface area contributed by atoms with Gasteiger partial charge in [0, 0.05) is 34.3 Å². The molecule has 6 heteroatoms. The number of nitrogens with one attached hydrogen (secondary N) is 2. The second-order valence-electron chi connectivity index (χ2n) is 5.77. The Balaban J connectivity index is 0.00000312. The molecule has 1 aromatic carbocycles. The minimum atomic E-state index is 0. The van der Waals surface area contributed by atoms with Gasteiger partial charge in [0.25, 0.3) is 0 Å². The number of nitrogens with zero attached hydrogens (tertiary/aromatic N) is 1. The maximum Gasteiger partial charge on any atom is 0.191 e. The molecule has 1 atom stereocenters. The molecule has 0 radical (unpaired) electrons. The van der Waals surface area contributed by atoms with Crippen molar-refractivity contribution in [3.63, 3.8) is 0 Å². The molecule has 1 aromatic heterocycles. The monoisotopic (exact) mass is 473 g/mol. The first-order valence-electron chi connectivity index (χ1n) is 8.34. The van der Waals surface area contributed by atoms with Crippen molar-refractivity contribution in [1.82, 2.24) is 10.6 Å². The maximum atomic E-state index is 5.39. The van der Waals surface area contributed by atoms with Crippen LogP contribution in [0.4, 0.5) is 0 Å². The molecule has 2 N–H and O–H groups in total. The van der Waals surface area contributed by atoms with Crippen LogP contribution < -0.4 is 15.4 Å². The summed E-state index contributed by atoms with van der Waals surface area (Å²) >= 11 is 1.85. The predicted molar refractivity (Wildman–Crippen MR) is 119 cm³/mol. The van der Waals surface area contributed by atoms with E-state index >= 15 is 0 Å². The molecule has 0 amide bonds. The molecule has 0 saturated heterocycles. The van der Waals surface area contributed by atoms with Gasteiger partial charge < -0.3 is 15.4 Å². The molecule has 0 aliphatic rings. The lowest BCUT2D eigenvalue weighted by Crippen LogP contribution is -2.43. The average molecular weight is 473 g/mol. The first-order valence-corrected chi connectivity index (χ1v) is 9.16. The fourth-order valence-electron chi connectivity index (χ4n) is 2.50. The van der Waals surface area contributed by atoms with Crippen molar-refractivity contribution in [3.8, 4) is 5.75 Å². The Bertz CT molecular complexity index is 672. The van der Waals surface area contributed by atoms with Crippen molar-refractivity contribution in [2.24, 2.45) is 4.99 Å². The molecule has 0 aliphatic heterocycles. The Labute approximate surface area is 172 Å². The summed E-state index contributed by atoms with van der Waals surface area (Å²) in [6, 6.07) is 12.7. The Morgan fingerprint density at radius 2 is 2.00 bits per heavy atom. The topological polar surface area (TPSA) is 45.7 Å². The number of guanidine groups is 1. The fourth-order valence-corrected chi connectivity index (χ4v) is 3.52. The lowest BCUT2D eigenvalue weighted by molar-refractivity contribution is 0.410. The number of benzene rings is 1. The maximum absolute atomic E-state index is 5.39. The zero-order valence-corrected chi connectivity index (χ0v) is 18.5. The highest BCUT2D eigenvalue weighted by Gasteiger charge is 2.08. The molecular formula is C19H28IN3OS. The zero-order chi connectivity index (χ0) is 17.4. The van der Waals surface area contributed by atoms with Gasteiger partial charge in [-0.15, -0.1) is 35.3 Å². The quantitative estimate of drug-likeness (QED) is 0.357. The van der Waals surface area contributed by atoms with Gasteiger partial charge in [0.15, 0.2) is 5.96 Å². The molecule has 25 heavy (non-hydrogen) atoms. The fraction of sp³-hybridized carbons (Fsp3) is 0.421. The predicted octanol–water partition coefficient (Wildman–Crippen LogP) is 4.37. The van der Waals surface area contributed by atoms with E-state index in [4.69, 9.17) is 9.73 Å². The summed E-state index contributed by atoms with van der Waals surface area (Å²) < 4.78 is 5.39. The number of hydrogen-bond acceptors (Lipinski definition) is 3. The summed E-state index contributed by atoms with van der Waals surface area (Å²) in [6.07, 6.45) is 0.998. The molecule has 4 nitrogen and oxygen atoms in total. The summed E-state index contributed by atoms with van der Waals surface area (Å²) in [5, 5.41) is 6.80. The largest absolute Gasteiger partial charge is 0.496 e. The van der Waals surface area contributed by atoms with Crippen LogP contribution in [0.15, 0.2) is 41.4 Å². The summed E-state index contributed by atoms with van der Waals surface area (Å²) in [5.41, 5.74) is 1.08. The van der Waals surface area contributed by atoms with Crippen LogP contribution in [0.2, 0.25) is 0 Å². The van der Waals surface area contributed by atoms with E-state index in [0.29, 0.717) is 12.6 Å². The number of aryl methyl sites for hydroxylation is 1. The van der Waals surface area contributed by atoms with E-state index in [1.807, 2.05) is 35.6 Å². The van der Waals surface area contributed by atoms with Crippen LogP contribution in [0.1, 0.15) is 29.2 Å². The number of aliphatic imine (C=N–C) groups is 1. The van der Waals surface area contributed by atoms with Crippen molar-refractivity contribution in [2.75, 3.05) is 13.7 Å². The normalized spacial score (nSPS) is 12.2. The van der Waals surface area contributed by atoms with Crippen LogP contribution in [0.5, 0.6) is 5.75 Å². The number of thiophene rings is 1. The van der Waals surface area contributed by atoms with Crippen LogP contribution in [-0.4, -0.2) is 25.7 Å². The highest BCUT2D eigenvalue weighted by molar-refractivity contribution is 14.0. The number of methoxy groups -OCH3 is 1. The van der Waals surface area contributed by atoms with E-state index < -0.39 is 0 Å². The van der Waals surface area contributed by atoms with Crippen LogP contribution in [0.25, 0.3) is 0 Å². The minimum Gasteiger partial charge on any atom is -0.496 e. The SMILES string of the molecule is CCNC(=NCc1ccccc1OC)NC(C)Cc1ccc(C)s1.I. The Kier molecular flexibility index (Phi) is 9.89. The highest BCUT2D eigenvalue weighted by atomic mass is 127. The first-order chi connectivity index (χ1) is 11.6. The van der Waals surface area contributed by atoms with E-state index in [1.54, 1.807) is 7.11 Å². The van der Waals surface area contributed by atoms with Gasteiger partial charge >= 0.3 is 0 Å². The molecule has 0 fully saturated rings. The number of ether oxygens (including phenoxy) is 1. The highest BCUT2D eigenvalue weighted by Crippen LogP contribution is 2.18. The number of rotatable bonds is 7. The second kappa shape index (κ2) is 11.4. The van der Waals surface area contributed by atoms with Crippen molar-refractivity contribution in [1.29, 1.82) is 0 Å². The third-order valence-corrected chi connectivity index (χ3v) is 4.65. The molecule has 0 bridgehead atoms. The number of halogens is 1. The molecule has 138 valence electrons. The van der Waals surface area contributed by atoms with Gasteiger partial charge in [0.1, 0.15) is 5.75 Å². The first kappa shape index (κ1) is 21.8. The number of para-hydroxylation sites is 1. The van der Waals surface area contributed by atoms with Gasteiger partial charge in [-0.2, -0.15) is 0 Å². The molecule has 2 rings (SSSR count). The van der Waals surface area contributed by atoms with E-state index in [2.05, 4.69) is 43.5 Å². The summed E-state index contributed by atoms with van der Waals surface area (Å²) in [4.78, 5) is 7.45. The molecule has 2 aromatic rings. The second-order valence-corrected chi connectivity index (χ2v) is 7.14. The smallest absolute Gasteiger partial charge is 0.191 e. The lowest BCUT2D eigenvalue weighted by Gasteiger charge is -2.17. The van der Waals surface area contributed by atoms with Gasteiger partial charge in [0.2, 0.25) is 0 Å². The van der Waals surface area contributed by atoms with Crippen molar-refractivity contribution < 1.29 is 4.74 Å². The van der Waals surface area contributed by atoms with E-state index in [9.17, 15) is 0 Å². The third-order valence-electron chi connectivity index (χ3n) is 3.63.